The number of alkyl halides is 4. The standard InChI is InChI=1S/C13H15F5N3O5PS/c1-5(2)25-27(28)23-4-12(9(15)16)8(26-27)13(17,18)10(24-12)21-3-6(14)7(19)20-11(21)22/h3,5,8-10H,4H2,1-2H3,(H2,19,20,22)/t8-,10-,12-,27?/m1/s1. The molecule has 0 radical (unpaired) electrons. The first kappa shape index (κ1) is 21.5. The van der Waals surface area contributed by atoms with E-state index < -0.39 is 67.0 Å². The van der Waals surface area contributed by atoms with Crippen LogP contribution >= 0.6 is 6.72 Å². The molecule has 0 aliphatic carbocycles. The minimum atomic E-state index is -4.24. The van der Waals surface area contributed by atoms with Gasteiger partial charge in [-0.05, 0) is 25.7 Å². The number of nitrogens with zero attached hydrogens (tertiary/aromatic N) is 2. The Balaban J connectivity index is 2.08. The molecule has 3 heterocycles. The molecule has 4 atom stereocenters. The second-order valence-electron chi connectivity index (χ2n) is 6.42. The first-order valence-electron chi connectivity index (χ1n) is 7.82. The molecule has 0 aromatic carbocycles. The lowest BCUT2D eigenvalue weighted by Crippen LogP contribution is -2.57. The van der Waals surface area contributed by atoms with Gasteiger partial charge in [-0.25, -0.2) is 18.0 Å². The van der Waals surface area contributed by atoms with E-state index in [-0.39, 0.29) is 4.57 Å². The van der Waals surface area contributed by atoms with E-state index in [9.17, 15) is 18.0 Å². The molecule has 0 spiro atoms. The number of hydrogen-bond acceptors (Lipinski definition) is 8. The van der Waals surface area contributed by atoms with E-state index in [2.05, 4.69) is 4.98 Å². The number of nitrogens with two attached hydrogens (primary N) is 1. The van der Waals surface area contributed by atoms with Crippen LogP contribution in [0.15, 0.2) is 11.0 Å². The van der Waals surface area contributed by atoms with Crippen LogP contribution in [-0.4, -0.2) is 46.3 Å². The van der Waals surface area contributed by atoms with Gasteiger partial charge in [-0.1, -0.05) is 0 Å². The van der Waals surface area contributed by atoms with E-state index in [4.69, 9.17) is 35.8 Å². The fraction of sp³-hybridized carbons (Fsp3) is 0.692. The lowest BCUT2D eigenvalue weighted by molar-refractivity contribution is -0.205. The molecule has 2 aliphatic heterocycles. The van der Waals surface area contributed by atoms with Gasteiger partial charge in [0.15, 0.2) is 23.3 Å². The SMILES string of the molecule is CC(C)OP1(=S)OC[C@@]2(C(F)F)O[C@@H](n3cc(F)c(N)nc3=O)C(F)(F)[C@@H]2O1. The zero-order chi connectivity index (χ0) is 21.1. The summed E-state index contributed by atoms with van der Waals surface area (Å²) in [4.78, 5) is 14.9. The number of anilines is 1. The number of halogens is 5. The van der Waals surface area contributed by atoms with Crippen LogP contribution in [0, 0.1) is 5.82 Å². The summed E-state index contributed by atoms with van der Waals surface area (Å²) >= 11 is 4.96. The number of nitrogen functional groups attached to an aromatic ring is 1. The molecule has 2 saturated heterocycles. The first-order chi connectivity index (χ1) is 12.8. The highest BCUT2D eigenvalue weighted by Crippen LogP contribution is 2.64. The van der Waals surface area contributed by atoms with Gasteiger partial charge in [0.05, 0.1) is 18.9 Å². The van der Waals surface area contributed by atoms with Crippen LogP contribution in [0.25, 0.3) is 0 Å². The summed E-state index contributed by atoms with van der Waals surface area (Å²) in [5, 5.41) is 0. The van der Waals surface area contributed by atoms with E-state index in [1.807, 2.05) is 0 Å². The maximum absolute atomic E-state index is 15.1. The molecule has 158 valence electrons. The molecule has 1 aromatic rings. The number of ether oxygens (including phenoxy) is 1. The minimum Gasteiger partial charge on any atom is -0.381 e. The number of rotatable bonds is 4. The largest absolute Gasteiger partial charge is 0.381 e. The summed E-state index contributed by atoms with van der Waals surface area (Å²) in [6.07, 6.45) is -9.10. The normalized spacial score (nSPS) is 34.8. The van der Waals surface area contributed by atoms with Crippen molar-refractivity contribution in [2.24, 2.45) is 0 Å². The van der Waals surface area contributed by atoms with Crippen molar-refractivity contribution in [1.82, 2.24) is 9.55 Å². The van der Waals surface area contributed by atoms with Crippen LogP contribution in [0.2, 0.25) is 0 Å². The summed E-state index contributed by atoms with van der Waals surface area (Å²) < 4.78 is 91.5. The molecule has 0 saturated carbocycles. The summed E-state index contributed by atoms with van der Waals surface area (Å²) in [7, 11) is 0. The molecule has 28 heavy (non-hydrogen) atoms. The molecule has 8 nitrogen and oxygen atoms in total. The van der Waals surface area contributed by atoms with Crippen molar-refractivity contribution in [3.8, 4) is 0 Å². The molecule has 2 fully saturated rings. The van der Waals surface area contributed by atoms with Gasteiger partial charge >= 0.3 is 18.3 Å². The lowest BCUT2D eigenvalue weighted by Gasteiger charge is -2.41. The van der Waals surface area contributed by atoms with Gasteiger partial charge < -0.3 is 19.5 Å². The van der Waals surface area contributed by atoms with Gasteiger partial charge in [-0.3, -0.25) is 9.09 Å². The highest BCUT2D eigenvalue weighted by atomic mass is 32.5. The minimum absolute atomic E-state index is 0.0320. The van der Waals surface area contributed by atoms with Crippen LogP contribution in [0.3, 0.4) is 0 Å². The Labute approximate surface area is 160 Å². The first-order valence-corrected chi connectivity index (χ1v) is 10.4. The molecule has 1 unspecified atom stereocenters. The van der Waals surface area contributed by atoms with Crippen molar-refractivity contribution in [2.75, 3.05) is 12.3 Å². The number of aromatic nitrogens is 2. The van der Waals surface area contributed by atoms with E-state index in [1.54, 1.807) is 0 Å². The Kier molecular flexibility index (Phi) is 5.35. The second-order valence-corrected chi connectivity index (χ2v) is 9.34. The van der Waals surface area contributed by atoms with E-state index >= 15 is 8.78 Å². The molecule has 1 aromatic heterocycles. The van der Waals surface area contributed by atoms with Crippen molar-refractivity contribution in [3.05, 3.63) is 22.5 Å². The van der Waals surface area contributed by atoms with Gasteiger partial charge in [0.1, 0.15) is 0 Å². The molecule has 2 aliphatic rings. The monoisotopic (exact) mass is 451 g/mol. The Bertz CT molecular complexity index is 887. The third kappa shape index (κ3) is 3.35. The van der Waals surface area contributed by atoms with Crippen LogP contribution in [-0.2, 0) is 30.1 Å². The molecule has 3 rings (SSSR count). The zero-order valence-electron chi connectivity index (χ0n) is 14.4. The third-order valence-corrected chi connectivity index (χ3v) is 6.46. The third-order valence-electron chi connectivity index (χ3n) is 4.03. The van der Waals surface area contributed by atoms with Gasteiger partial charge in [0, 0.05) is 0 Å². The topological polar surface area (TPSA) is 97.8 Å². The number of hydrogen-bond donors (Lipinski definition) is 1. The number of fused-ring (bicyclic) bond motifs is 1. The summed E-state index contributed by atoms with van der Waals surface area (Å²) in [6.45, 7) is -1.85. The second kappa shape index (κ2) is 6.96. The quantitative estimate of drug-likeness (QED) is 0.550. The van der Waals surface area contributed by atoms with Crippen LogP contribution in [0.1, 0.15) is 20.1 Å². The molecule has 15 heteroatoms. The highest BCUT2D eigenvalue weighted by Gasteiger charge is 2.75. The maximum atomic E-state index is 15.1. The summed E-state index contributed by atoms with van der Waals surface area (Å²) in [5.41, 5.74) is 0.721. The van der Waals surface area contributed by atoms with E-state index in [1.165, 1.54) is 13.8 Å². The molecular formula is C13H15F5N3O5PS. The molecule has 0 amide bonds. The Hall–Kier alpha value is -1.18. The lowest BCUT2D eigenvalue weighted by atomic mass is 9.96. The molecule has 0 bridgehead atoms. The van der Waals surface area contributed by atoms with Crippen molar-refractivity contribution >= 4 is 24.3 Å². The smallest absolute Gasteiger partial charge is 0.352 e. The van der Waals surface area contributed by atoms with Crippen LogP contribution < -0.4 is 11.4 Å². The van der Waals surface area contributed by atoms with Gasteiger partial charge in [-0.15, -0.1) is 0 Å². The fourth-order valence-electron chi connectivity index (χ4n) is 2.82. The maximum Gasteiger partial charge on any atom is 0.352 e. The fourth-order valence-corrected chi connectivity index (χ4v) is 5.38. The Morgan fingerprint density at radius 3 is 2.68 bits per heavy atom. The van der Waals surface area contributed by atoms with Crippen molar-refractivity contribution in [1.29, 1.82) is 0 Å². The van der Waals surface area contributed by atoms with Crippen LogP contribution in [0.5, 0.6) is 0 Å². The van der Waals surface area contributed by atoms with Crippen LogP contribution in [0.4, 0.5) is 27.8 Å². The average molecular weight is 451 g/mol. The van der Waals surface area contributed by atoms with E-state index in [0.717, 1.165) is 0 Å². The molecule has 2 N–H and O–H groups in total. The summed E-state index contributed by atoms with van der Waals surface area (Å²) in [6, 6.07) is 0. The van der Waals surface area contributed by atoms with Gasteiger partial charge in [-0.2, -0.15) is 13.8 Å². The van der Waals surface area contributed by atoms with Gasteiger partial charge in [0.25, 0.3) is 6.43 Å². The predicted molar refractivity (Wildman–Crippen MR) is 88.0 cm³/mol. The Morgan fingerprint density at radius 1 is 1.46 bits per heavy atom. The van der Waals surface area contributed by atoms with Crippen molar-refractivity contribution in [3.63, 3.8) is 0 Å². The zero-order valence-corrected chi connectivity index (χ0v) is 16.1. The van der Waals surface area contributed by atoms with Gasteiger partial charge in [0.2, 0.25) is 6.23 Å². The van der Waals surface area contributed by atoms with Crippen molar-refractivity contribution < 1.29 is 40.3 Å². The van der Waals surface area contributed by atoms with Crippen molar-refractivity contribution in [2.45, 2.75) is 50.2 Å². The molecular weight excluding hydrogens is 436 g/mol. The Morgan fingerprint density at radius 2 is 2.11 bits per heavy atom. The highest BCUT2D eigenvalue weighted by molar-refractivity contribution is 8.07. The average Bonchev–Trinajstić information content (AvgIpc) is 2.79. The summed E-state index contributed by atoms with van der Waals surface area (Å²) in [5.74, 6) is -6.40. The predicted octanol–water partition coefficient (Wildman–Crippen LogP) is 2.20. The van der Waals surface area contributed by atoms with E-state index in [0.29, 0.717) is 6.20 Å².